The number of ether oxygens (including phenoxy) is 1. The van der Waals surface area contributed by atoms with Gasteiger partial charge in [0.2, 0.25) is 0 Å². The Labute approximate surface area is 126 Å². The van der Waals surface area contributed by atoms with Gasteiger partial charge in [-0.15, -0.1) is 0 Å². The molecular formula is C13H18BrN3O3. The van der Waals surface area contributed by atoms with E-state index in [1.807, 2.05) is 0 Å². The third-order valence-electron chi connectivity index (χ3n) is 4.21. The van der Waals surface area contributed by atoms with Crippen LogP contribution in [0, 0.1) is 22.5 Å². The summed E-state index contributed by atoms with van der Waals surface area (Å²) in [7, 11) is 1.72. The van der Waals surface area contributed by atoms with E-state index in [1.54, 1.807) is 14.0 Å². The highest BCUT2D eigenvalue weighted by Crippen LogP contribution is 2.44. The Morgan fingerprint density at radius 2 is 2.25 bits per heavy atom. The van der Waals surface area contributed by atoms with Crippen LogP contribution < -0.4 is 5.32 Å². The molecule has 0 amide bonds. The number of anilines is 1. The second kappa shape index (κ2) is 5.29. The number of nitrogens with zero attached hydrogens (tertiary/aromatic N) is 2. The first-order valence-electron chi connectivity index (χ1n) is 6.37. The molecule has 1 saturated carbocycles. The number of methoxy groups -OCH3 is 1. The van der Waals surface area contributed by atoms with Gasteiger partial charge in [0.25, 0.3) is 5.69 Å². The lowest BCUT2D eigenvalue weighted by Crippen LogP contribution is -2.57. The standard InChI is InChI=1S/C13H18BrN3O3/c1-7-8(17(18)19)6-15-12(11(7)14)16-9-5-10(20-4)13(9,2)3/h6,9-10H,5H2,1-4H3,(H,15,16). The van der Waals surface area contributed by atoms with Crippen molar-refractivity contribution in [2.24, 2.45) is 5.41 Å². The molecule has 1 heterocycles. The third kappa shape index (κ3) is 2.40. The van der Waals surface area contributed by atoms with Crippen molar-refractivity contribution in [1.82, 2.24) is 4.98 Å². The fraction of sp³-hybridized carbons (Fsp3) is 0.615. The van der Waals surface area contributed by atoms with E-state index in [-0.39, 0.29) is 23.2 Å². The summed E-state index contributed by atoms with van der Waals surface area (Å²) in [6, 6.07) is 0.233. The molecule has 0 aliphatic heterocycles. The molecule has 6 nitrogen and oxygen atoms in total. The minimum absolute atomic E-state index is 0.00551. The number of rotatable bonds is 4. The van der Waals surface area contributed by atoms with Gasteiger partial charge in [0.05, 0.1) is 15.5 Å². The number of aromatic nitrogens is 1. The van der Waals surface area contributed by atoms with Crippen molar-refractivity contribution in [1.29, 1.82) is 0 Å². The first-order valence-corrected chi connectivity index (χ1v) is 7.17. The molecule has 2 rings (SSSR count). The quantitative estimate of drug-likeness (QED) is 0.670. The van der Waals surface area contributed by atoms with E-state index in [1.165, 1.54) is 6.20 Å². The molecule has 1 aromatic rings. The Morgan fingerprint density at radius 1 is 1.60 bits per heavy atom. The summed E-state index contributed by atoms with van der Waals surface area (Å²) >= 11 is 3.39. The highest BCUT2D eigenvalue weighted by Gasteiger charge is 2.48. The van der Waals surface area contributed by atoms with Gasteiger partial charge >= 0.3 is 0 Å². The van der Waals surface area contributed by atoms with Gasteiger partial charge in [0, 0.05) is 24.1 Å². The lowest BCUT2D eigenvalue weighted by Gasteiger charge is -2.51. The SMILES string of the molecule is COC1CC(Nc2ncc([N+](=O)[O-])c(C)c2Br)C1(C)C. The minimum atomic E-state index is -0.425. The van der Waals surface area contributed by atoms with Crippen molar-refractivity contribution in [2.75, 3.05) is 12.4 Å². The normalized spacial score (nSPS) is 24.1. The molecule has 110 valence electrons. The Hall–Kier alpha value is -1.21. The van der Waals surface area contributed by atoms with Crippen LogP contribution in [0.5, 0.6) is 0 Å². The molecule has 2 atom stereocenters. The minimum Gasteiger partial charge on any atom is -0.381 e. The maximum absolute atomic E-state index is 10.9. The van der Waals surface area contributed by atoms with E-state index in [9.17, 15) is 10.1 Å². The van der Waals surface area contributed by atoms with Gasteiger partial charge in [-0.3, -0.25) is 10.1 Å². The van der Waals surface area contributed by atoms with Crippen molar-refractivity contribution >= 4 is 27.4 Å². The smallest absolute Gasteiger partial charge is 0.291 e. The summed E-state index contributed by atoms with van der Waals surface area (Å²) in [5.74, 6) is 0.640. The summed E-state index contributed by atoms with van der Waals surface area (Å²) in [4.78, 5) is 14.6. The number of hydrogen-bond donors (Lipinski definition) is 1. The van der Waals surface area contributed by atoms with Crippen molar-refractivity contribution in [3.8, 4) is 0 Å². The number of nitrogens with one attached hydrogen (secondary N) is 1. The molecular weight excluding hydrogens is 326 g/mol. The fourth-order valence-electron chi connectivity index (χ4n) is 2.55. The third-order valence-corrected chi connectivity index (χ3v) is 5.18. The summed E-state index contributed by atoms with van der Waals surface area (Å²) < 4.78 is 6.05. The van der Waals surface area contributed by atoms with E-state index < -0.39 is 4.92 Å². The highest BCUT2D eigenvalue weighted by atomic mass is 79.9. The van der Waals surface area contributed by atoms with Crippen LogP contribution in [0.2, 0.25) is 0 Å². The Bertz CT molecular complexity index is 548. The van der Waals surface area contributed by atoms with Crippen LogP contribution in [-0.2, 0) is 4.74 Å². The van der Waals surface area contributed by atoms with Gasteiger partial charge in [-0.05, 0) is 29.3 Å². The van der Waals surface area contributed by atoms with Crippen molar-refractivity contribution in [2.45, 2.75) is 39.3 Å². The van der Waals surface area contributed by atoms with E-state index >= 15 is 0 Å². The van der Waals surface area contributed by atoms with E-state index in [2.05, 4.69) is 40.1 Å². The first-order chi connectivity index (χ1) is 9.28. The van der Waals surface area contributed by atoms with Crippen LogP contribution in [0.3, 0.4) is 0 Å². The molecule has 0 aromatic carbocycles. The van der Waals surface area contributed by atoms with Crippen molar-refractivity contribution in [3.63, 3.8) is 0 Å². The molecule has 0 spiro atoms. The summed E-state index contributed by atoms with van der Waals surface area (Å²) in [6.45, 7) is 5.97. The lowest BCUT2D eigenvalue weighted by atomic mass is 9.64. The monoisotopic (exact) mass is 343 g/mol. The molecule has 20 heavy (non-hydrogen) atoms. The van der Waals surface area contributed by atoms with Crippen LogP contribution in [0.25, 0.3) is 0 Å². The predicted octanol–water partition coefficient (Wildman–Crippen LogP) is 3.29. The average Bonchev–Trinajstić information content (AvgIpc) is 2.38. The van der Waals surface area contributed by atoms with Crippen LogP contribution >= 0.6 is 15.9 Å². The molecule has 0 bridgehead atoms. The van der Waals surface area contributed by atoms with E-state index in [0.29, 0.717) is 15.9 Å². The Balaban J connectivity index is 2.20. The van der Waals surface area contributed by atoms with Gasteiger partial charge in [0.1, 0.15) is 12.0 Å². The second-order valence-electron chi connectivity index (χ2n) is 5.67. The highest BCUT2D eigenvalue weighted by molar-refractivity contribution is 9.10. The fourth-order valence-corrected chi connectivity index (χ4v) is 2.97. The molecule has 0 radical (unpaired) electrons. The maximum Gasteiger partial charge on any atom is 0.291 e. The molecule has 1 aromatic heterocycles. The number of hydrogen-bond acceptors (Lipinski definition) is 5. The van der Waals surface area contributed by atoms with Gasteiger partial charge in [-0.2, -0.15) is 0 Å². The van der Waals surface area contributed by atoms with Crippen molar-refractivity contribution in [3.05, 3.63) is 26.3 Å². The van der Waals surface area contributed by atoms with Gasteiger partial charge in [0.15, 0.2) is 0 Å². The van der Waals surface area contributed by atoms with Crippen LogP contribution in [0.1, 0.15) is 25.8 Å². The molecule has 7 heteroatoms. The molecule has 1 aliphatic carbocycles. The van der Waals surface area contributed by atoms with E-state index in [0.717, 1.165) is 6.42 Å². The van der Waals surface area contributed by atoms with Gasteiger partial charge in [-0.25, -0.2) is 4.98 Å². The van der Waals surface area contributed by atoms with Crippen LogP contribution in [-0.4, -0.2) is 29.2 Å². The van der Waals surface area contributed by atoms with Gasteiger partial charge in [-0.1, -0.05) is 13.8 Å². The Kier molecular flexibility index (Phi) is 4.02. The first kappa shape index (κ1) is 15.2. The van der Waals surface area contributed by atoms with Gasteiger partial charge < -0.3 is 10.1 Å². The molecule has 1 fully saturated rings. The van der Waals surface area contributed by atoms with Crippen LogP contribution in [0.15, 0.2) is 10.7 Å². The average molecular weight is 344 g/mol. The summed E-state index contributed by atoms with van der Waals surface area (Å²) in [5.41, 5.74) is 0.601. The summed E-state index contributed by atoms with van der Waals surface area (Å²) in [5, 5.41) is 14.2. The zero-order valence-electron chi connectivity index (χ0n) is 11.9. The number of halogens is 1. The van der Waals surface area contributed by atoms with E-state index in [4.69, 9.17) is 4.74 Å². The molecule has 1 aliphatic rings. The Morgan fingerprint density at radius 3 is 2.75 bits per heavy atom. The zero-order chi connectivity index (χ0) is 15.1. The summed E-state index contributed by atoms with van der Waals surface area (Å²) in [6.07, 6.45) is 2.41. The zero-order valence-corrected chi connectivity index (χ0v) is 13.5. The van der Waals surface area contributed by atoms with Crippen molar-refractivity contribution < 1.29 is 9.66 Å². The number of pyridine rings is 1. The number of nitro groups is 1. The molecule has 0 saturated heterocycles. The molecule has 1 N–H and O–H groups in total. The predicted molar refractivity (Wildman–Crippen MR) is 79.9 cm³/mol. The largest absolute Gasteiger partial charge is 0.381 e. The van der Waals surface area contributed by atoms with Crippen LogP contribution in [0.4, 0.5) is 11.5 Å². The second-order valence-corrected chi connectivity index (χ2v) is 6.46. The lowest BCUT2D eigenvalue weighted by molar-refractivity contribution is -0.385. The molecule has 2 unspecified atom stereocenters. The maximum atomic E-state index is 10.9. The topological polar surface area (TPSA) is 77.3 Å².